The van der Waals surface area contributed by atoms with Crippen LogP contribution in [0.2, 0.25) is 0 Å². The lowest BCUT2D eigenvalue weighted by atomic mass is 10.1. The quantitative estimate of drug-likeness (QED) is 0.697. The molecule has 0 spiro atoms. The predicted molar refractivity (Wildman–Crippen MR) is 99.2 cm³/mol. The maximum atomic E-state index is 12.4. The van der Waals surface area contributed by atoms with Crippen molar-refractivity contribution < 1.29 is 14.3 Å². The van der Waals surface area contributed by atoms with Gasteiger partial charge in [0.15, 0.2) is 18.1 Å². The zero-order valence-electron chi connectivity index (χ0n) is 13.8. The fourth-order valence-corrected chi connectivity index (χ4v) is 3.31. The van der Waals surface area contributed by atoms with Crippen LogP contribution in [0, 0.1) is 0 Å². The summed E-state index contributed by atoms with van der Waals surface area (Å²) in [6, 6.07) is 21.0. The third-order valence-corrected chi connectivity index (χ3v) is 4.63. The van der Waals surface area contributed by atoms with Crippen LogP contribution in [-0.2, 0) is 4.79 Å². The fourth-order valence-electron chi connectivity index (χ4n) is 2.50. The standard InChI is InChI=1S/C20H19NO3S/c1-23-16-10-5-6-11-17(16)24-14-19(22)21-20(18-12-7-13-25-18)15-8-3-2-4-9-15/h2-13,20H,14H2,1H3,(H,21,22)/t20-/m0/s1. The molecule has 4 nitrogen and oxygen atoms in total. The van der Waals surface area contributed by atoms with E-state index >= 15 is 0 Å². The van der Waals surface area contributed by atoms with Gasteiger partial charge >= 0.3 is 0 Å². The Hall–Kier alpha value is -2.79. The predicted octanol–water partition coefficient (Wildman–Crippen LogP) is 4.04. The van der Waals surface area contributed by atoms with Crippen LogP contribution in [-0.4, -0.2) is 19.6 Å². The van der Waals surface area contributed by atoms with Crippen LogP contribution in [0.1, 0.15) is 16.5 Å². The van der Waals surface area contributed by atoms with Crippen molar-refractivity contribution in [3.05, 3.63) is 82.6 Å². The largest absolute Gasteiger partial charge is 0.493 e. The molecule has 1 amide bonds. The molecular weight excluding hydrogens is 334 g/mol. The average molecular weight is 353 g/mol. The number of ether oxygens (including phenoxy) is 2. The van der Waals surface area contributed by atoms with Crippen molar-refractivity contribution in [3.63, 3.8) is 0 Å². The number of thiophene rings is 1. The first-order chi connectivity index (χ1) is 12.3. The van der Waals surface area contributed by atoms with E-state index in [0.29, 0.717) is 11.5 Å². The van der Waals surface area contributed by atoms with Crippen LogP contribution < -0.4 is 14.8 Å². The molecule has 5 heteroatoms. The molecule has 1 N–H and O–H groups in total. The highest BCUT2D eigenvalue weighted by molar-refractivity contribution is 7.10. The maximum Gasteiger partial charge on any atom is 0.258 e. The van der Waals surface area contributed by atoms with E-state index in [-0.39, 0.29) is 18.6 Å². The van der Waals surface area contributed by atoms with Crippen LogP contribution in [0.5, 0.6) is 11.5 Å². The van der Waals surface area contributed by atoms with Crippen LogP contribution in [0.4, 0.5) is 0 Å². The minimum atomic E-state index is -0.187. The molecule has 3 rings (SSSR count). The number of nitrogens with one attached hydrogen (secondary N) is 1. The molecular formula is C20H19NO3S. The van der Waals surface area contributed by atoms with Gasteiger partial charge in [-0.3, -0.25) is 4.79 Å². The second-order valence-corrected chi connectivity index (χ2v) is 6.35. The first kappa shape index (κ1) is 17.0. The van der Waals surface area contributed by atoms with E-state index in [1.165, 1.54) is 0 Å². The van der Waals surface area contributed by atoms with Gasteiger partial charge in [0.25, 0.3) is 5.91 Å². The molecule has 1 heterocycles. The third-order valence-electron chi connectivity index (χ3n) is 3.69. The lowest BCUT2D eigenvalue weighted by Crippen LogP contribution is -2.32. The van der Waals surface area contributed by atoms with Gasteiger partial charge < -0.3 is 14.8 Å². The van der Waals surface area contributed by atoms with Gasteiger partial charge in [-0.05, 0) is 29.1 Å². The van der Waals surface area contributed by atoms with E-state index in [1.807, 2.05) is 60.0 Å². The molecule has 0 unspecified atom stereocenters. The number of benzene rings is 2. The average Bonchev–Trinajstić information content (AvgIpc) is 3.20. The summed E-state index contributed by atoms with van der Waals surface area (Å²) < 4.78 is 10.8. The summed E-state index contributed by atoms with van der Waals surface area (Å²) >= 11 is 1.61. The molecule has 25 heavy (non-hydrogen) atoms. The minimum Gasteiger partial charge on any atom is -0.493 e. The van der Waals surface area contributed by atoms with E-state index < -0.39 is 0 Å². The van der Waals surface area contributed by atoms with E-state index in [1.54, 1.807) is 30.6 Å². The zero-order valence-corrected chi connectivity index (χ0v) is 14.7. The molecule has 0 aliphatic carbocycles. The van der Waals surface area contributed by atoms with Crippen LogP contribution >= 0.6 is 11.3 Å². The SMILES string of the molecule is COc1ccccc1OCC(=O)N[C@@H](c1ccccc1)c1cccs1. The van der Waals surface area contributed by atoms with E-state index in [4.69, 9.17) is 9.47 Å². The lowest BCUT2D eigenvalue weighted by Gasteiger charge is -2.18. The van der Waals surface area contributed by atoms with Gasteiger partial charge in [0.1, 0.15) is 0 Å². The lowest BCUT2D eigenvalue weighted by molar-refractivity contribution is -0.123. The number of hydrogen-bond donors (Lipinski definition) is 1. The Kier molecular flexibility index (Phi) is 5.69. The van der Waals surface area contributed by atoms with Gasteiger partial charge in [0.2, 0.25) is 0 Å². The Morgan fingerprint density at radius 3 is 2.40 bits per heavy atom. The summed E-state index contributed by atoms with van der Waals surface area (Å²) in [5, 5.41) is 5.05. The van der Waals surface area contributed by atoms with Crippen molar-refractivity contribution in [3.8, 4) is 11.5 Å². The van der Waals surface area contributed by atoms with Crippen LogP contribution in [0.3, 0.4) is 0 Å². The molecule has 0 saturated heterocycles. The number of amides is 1. The second-order valence-electron chi connectivity index (χ2n) is 5.37. The molecule has 0 aliphatic rings. The van der Waals surface area contributed by atoms with Crippen molar-refractivity contribution in [2.24, 2.45) is 0 Å². The Bertz CT molecular complexity index is 803. The molecule has 0 saturated carbocycles. The molecule has 0 fully saturated rings. The third kappa shape index (κ3) is 4.39. The number of hydrogen-bond acceptors (Lipinski definition) is 4. The summed E-state index contributed by atoms with van der Waals surface area (Å²) in [4.78, 5) is 13.5. The van der Waals surface area contributed by atoms with Crippen LogP contribution in [0.25, 0.3) is 0 Å². The minimum absolute atomic E-state index is 0.0743. The van der Waals surface area contributed by atoms with Gasteiger partial charge in [0.05, 0.1) is 13.2 Å². The zero-order chi connectivity index (χ0) is 17.5. The number of para-hydroxylation sites is 2. The molecule has 128 valence electrons. The summed E-state index contributed by atoms with van der Waals surface area (Å²) in [6.07, 6.45) is 0. The van der Waals surface area contributed by atoms with Crippen molar-refractivity contribution in [1.82, 2.24) is 5.32 Å². The highest BCUT2D eigenvalue weighted by atomic mass is 32.1. The number of rotatable bonds is 7. The maximum absolute atomic E-state index is 12.4. The Balaban J connectivity index is 1.69. The molecule has 1 aromatic heterocycles. The topological polar surface area (TPSA) is 47.6 Å². The molecule has 3 aromatic rings. The van der Waals surface area contributed by atoms with Gasteiger partial charge in [-0.15, -0.1) is 11.3 Å². The number of carbonyl (C=O) groups excluding carboxylic acids is 1. The highest BCUT2D eigenvalue weighted by Gasteiger charge is 2.18. The first-order valence-electron chi connectivity index (χ1n) is 7.91. The fraction of sp³-hybridized carbons (Fsp3) is 0.150. The Labute approximate surface area is 151 Å². The molecule has 1 atom stereocenters. The van der Waals surface area contributed by atoms with E-state index in [0.717, 1.165) is 10.4 Å². The Morgan fingerprint density at radius 1 is 1.00 bits per heavy atom. The molecule has 2 aromatic carbocycles. The summed E-state index contributed by atoms with van der Waals surface area (Å²) in [7, 11) is 1.57. The van der Waals surface area contributed by atoms with Crippen molar-refractivity contribution >= 4 is 17.2 Å². The van der Waals surface area contributed by atoms with Gasteiger partial charge in [0, 0.05) is 4.88 Å². The van der Waals surface area contributed by atoms with Gasteiger partial charge in [-0.1, -0.05) is 48.5 Å². The summed E-state index contributed by atoms with van der Waals surface area (Å²) in [6.45, 7) is -0.0743. The summed E-state index contributed by atoms with van der Waals surface area (Å²) in [5.74, 6) is 0.967. The van der Waals surface area contributed by atoms with E-state index in [9.17, 15) is 4.79 Å². The van der Waals surface area contributed by atoms with Gasteiger partial charge in [-0.25, -0.2) is 0 Å². The van der Waals surface area contributed by atoms with Gasteiger partial charge in [-0.2, -0.15) is 0 Å². The van der Waals surface area contributed by atoms with Crippen molar-refractivity contribution in [2.45, 2.75) is 6.04 Å². The van der Waals surface area contributed by atoms with E-state index in [2.05, 4.69) is 5.32 Å². The molecule has 0 radical (unpaired) electrons. The van der Waals surface area contributed by atoms with Crippen LogP contribution in [0.15, 0.2) is 72.1 Å². The van der Waals surface area contributed by atoms with Crippen molar-refractivity contribution in [2.75, 3.05) is 13.7 Å². The number of carbonyl (C=O) groups is 1. The smallest absolute Gasteiger partial charge is 0.258 e. The monoisotopic (exact) mass is 353 g/mol. The molecule has 0 bridgehead atoms. The first-order valence-corrected chi connectivity index (χ1v) is 8.79. The highest BCUT2D eigenvalue weighted by Crippen LogP contribution is 2.27. The normalized spacial score (nSPS) is 11.6. The summed E-state index contributed by atoms with van der Waals surface area (Å²) in [5.41, 5.74) is 1.04. The van der Waals surface area contributed by atoms with Crippen molar-refractivity contribution in [1.29, 1.82) is 0 Å². The second kappa shape index (κ2) is 8.35. The Morgan fingerprint density at radius 2 is 1.72 bits per heavy atom. The number of methoxy groups -OCH3 is 1. The molecule has 0 aliphatic heterocycles.